The minimum absolute atomic E-state index is 0.152. The summed E-state index contributed by atoms with van der Waals surface area (Å²) >= 11 is 0. The van der Waals surface area contributed by atoms with Crippen LogP contribution >= 0.6 is 0 Å². The van der Waals surface area contributed by atoms with Crippen LogP contribution in [0.5, 0.6) is 11.5 Å². The number of primary amides is 1. The van der Waals surface area contributed by atoms with Gasteiger partial charge in [0.25, 0.3) is 0 Å². The van der Waals surface area contributed by atoms with E-state index in [4.69, 9.17) is 10.5 Å². The van der Waals surface area contributed by atoms with Gasteiger partial charge in [0.2, 0.25) is 5.91 Å². The second kappa shape index (κ2) is 13.4. The molecule has 254 valence electrons. The molecule has 0 atom stereocenters. The molecule has 0 aliphatic rings. The van der Waals surface area contributed by atoms with E-state index < -0.39 is 11.9 Å². The van der Waals surface area contributed by atoms with Crippen molar-refractivity contribution in [1.82, 2.24) is 9.13 Å². The molecule has 2 aromatic heterocycles. The predicted molar refractivity (Wildman–Crippen MR) is 203 cm³/mol. The van der Waals surface area contributed by atoms with Crippen LogP contribution in [0.2, 0.25) is 0 Å². The van der Waals surface area contributed by atoms with E-state index in [9.17, 15) is 19.8 Å². The van der Waals surface area contributed by atoms with E-state index in [1.54, 1.807) is 24.3 Å². The van der Waals surface area contributed by atoms with Gasteiger partial charge in [0.1, 0.15) is 11.5 Å². The molecule has 2 heterocycles. The van der Waals surface area contributed by atoms with Crippen molar-refractivity contribution >= 4 is 55.5 Å². The number of aromatic hydroxyl groups is 2. The molecule has 0 aliphatic carbocycles. The van der Waals surface area contributed by atoms with Gasteiger partial charge >= 0.3 is 5.97 Å². The predicted octanol–water partition coefficient (Wildman–Crippen LogP) is 8.60. The van der Waals surface area contributed by atoms with Gasteiger partial charge in [-0.2, -0.15) is 0 Å². The third-order valence-corrected chi connectivity index (χ3v) is 9.31. The third kappa shape index (κ3) is 6.01. The molecule has 4 N–H and O–H groups in total. The number of nitrogens with two attached hydrogens (primary N) is 1. The normalized spacial score (nSPS) is 11.2. The standard InChI is InChI=1S/C22H19NO3.C21H18N2O2/c1-14-6-3-7-15(12-14)13-23-17-9-4-8-16(22(25)26-2)20(17)21-18(23)10-5-11-19(21)24;1-13-5-2-6-14(11-13)12-23-16-8-3-7-15(21(22)25)19(16)20-17(23)9-4-10-18(20)24/h3-12,24H,13H2,1-2H3;2-11,24H,12H2,1H3,(H2,22,25). The first-order chi connectivity index (χ1) is 24.7. The maximum absolute atomic E-state index is 12.3. The molecule has 0 saturated carbocycles. The highest BCUT2D eigenvalue weighted by Gasteiger charge is 2.21. The number of nitrogens with zero attached hydrogens (tertiary/aromatic N) is 2. The van der Waals surface area contributed by atoms with Crippen LogP contribution in [0.1, 0.15) is 43.0 Å². The van der Waals surface area contributed by atoms with Crippen molar-refractivity contribution in [3.05, 3.63) is 155 Å². The summed E-state index contributed by atoms with van der Waals surface area (Å²) in [6.45, 7) is 5.42. The van der Waals surface area contributed by atoms with Crippen molar-refractivity contribution < 1.29 is 24.5 Å². The Morgan fingerprint density at radius 2 is 0.961 bits per heavy atom. The Balaban J connectivity index is 0.000000159. The van der Waals surface area contributed by atoms with Crippen LogP contribution in [0.25, 0.3) is 43.6 Å². The fourth-order valence-corrected chi connectivity index (χ4v) is 7.15. The Morgan fingerprint density at radius 3 is 1.39 bits per heavy atom. The quantitative estimate of drug-likeness (QED) is 0.153. The molecule has 0 saturated heterocycles. The van der Waals surface area contributed by atoms with E-state index in [-0.39, 0.29) is 11.5 Å². The number of hydrogen-bond acceptors (Lipinski definition) is 5. The van der Waals surface area contributed by atoms with E-state index in [1.165, 1.54) is 18.2 Å². The van der Waals surface area contributed by atoms with Gasteiger partial charge in [-0.1, -0.05) is 83.9 Å². The Hall–Kier alpha value is -6.54. The summed E-state index contributed by atoms with van der Waals surface area (Å²) in [5.74, 6) is -0.594. The molecule has 0 spiro atoms. The Morgan fingerprint density at radius 1 is 0.569 bits per heavy atom. The van der Waals surface area contributed by atoms with Gasteiger partial charge in [0.15, 0.2) is 0 Å². The molecule has 0 bridgehead atoms. The van der Waals surface area contributed by atoms with Crippen molar-refractivity contribution in [2.75, 3.05) is 7.11 Å². The maximum atomic E-state index is 12.3. The molecular formula is C43H37N3O5. The van der Waals surface area contributed by atoms with Crippen molar-refractivity contribution in [2.24, 2.45) is 5.73 Å². The smallest absolute Gasteiger partial charge is 0.338 e. The number of ether oxygens (including phenoxy) is 1. The zero-order valence-electron chi connectivity index (χ0n) is 28.6. The van der Waals surface area contributed by atoms with Crippen LogP contribution in [0.4, 0.5) is 0 Å². The number of phenolic OH excluding ortho intramolecular Hbond substituents is 2. The fourth-order valence-electron chi connectivity index (χ4n) is 7.15. The zero-order chi connectivity index (χ0) is 35.8. The highest BCUT2D eigenvalue weighted by Crippen LogP contribution is 2.39. The lowest BCUT2D eigenvalue weighted by Gasteiger charge is -2.09. The number of benzene rings is 6. The lowest BCUT2D eigenvalue weighted by atomic mass is 10.1. The summed E-state index contributed by atoms with van der Waals surface area (Å²) in [6.07, 6.45) is 0. The van der Waals surface area contributed by atoms with Gasteiger partial charge in [-0.15, -0.1) is 0 Å². The lowest BCUT2D eigenvalue weighted by molar-refractivity contribution is 0.0603. The molecular weight excluding hydrogens is 638 g/mol. The summed E-state index contributed by atoms with van der Waals surface area (Å²) in [7, 11) is 1.37. The van der Waals surface area contributed by atoms with Gasteiger partial charge in [-0.3, -0.25) is 4.79 Å². The molecule has 8 rings (SSSR count). The number of carbonyl (C=O) groups is 2. The molecule has 51 heavy (non-hydrogen) atoms. The molecule has 1 amide bonds. The third-order valence-electron chi connectivity index (χ3n) is 9.31. The number of carbonyl (C=O) groups excluding carboxylic acids is 2. The Labute approximate surface area is 294 Å². The molecule has 8 aromatic rings. The number of esters is 1. The first kappa shape index (κ1) is 33.0. The number of hydrogen-bond donors (Lipinski definition) is 3. The Kier molecular flexibility index (Phi) is 8.67. The number of methoxy groups -OCH3 is 1. The van der Waals surface area contributed by atoms with E-state index >= 15 is 0 Å². The number of rotatable bonds is 6. The number of fused-ring (bicyclic) bond motifs is 6. The van der Waals surface area contributed by atoms with Crippen LogP contribution in [-0.4, -0.2) is 38.3 Å². The summed E-state index contributed by atoms with van der Waals surface area (Å²) in [5, 5.41) is 23.7. The van der Waals surface area contributed by atoms with E-state index in [0.29, 0.717) is 40.4 Å². The number of phenols is 2. The van der Waals surface area contributed by atoms with Gasteiger partial charge in [0, 0.05) is 29.4 Å². The zero-order valence-corrected chi connectivity index (χ0v) is 28.6. The minimum Gasteiger partial charge on any atom is -0.507 e. The fraction of sp³-hybridized carbons (Fsp3) is 0.116. The largest absolute Gasteiger partial charge is 0.507 e. The topological polar surface area (TPSA) is 120 Å². The molecule has 8 heteroatoms. The van der Waals surface area contributed by atoms with Crippen LogP contribution in [0.15, 0.2) is 121 Å². The van der Waals surface area contributed by atoms with Gasteiger partial charge < -0.3 is 29.8 Å². The van der Waals surface area contributed by atoms with Crippen LogP contribution in [-0.2, 0) is 17.8 Å². The Bertz CT molecular complexity index is 2630. The highest BCUT2D eigenvalue weighted by molar-refractivity contribution is 6.20. The molecule has 0 unspecified atom stereocenters. The van der Waals surface area contributed by atoms with Crippen LogP contribution < -0.4 is 5.73 Å². The molecule has 6 aromatic carbocycles. The van der Waals surface area contributed by atoms with Gasteiger partial charge in [-0.25, -0.2) is 4.79 Å². The summed E-state index contributed by atoms with van der Waals surface area (Å²) in [5.41, 5.74) is 14.7. The average molecular weight is 676 g/mol. The van der Waals surface area contributed by atoms with Crippen molar-refractivity contribution in [1.29, 1.82) is 0 Å². The summed E-state index contributed by atoms with van der Waals surface area (Å²) in [6, 6.07) is 38.5. The summed E-state index contributed by atoms with van der Waals surface area (Å²) in [4.78, 5) is 24.2. The molecule has 0 aliphatic heterocycles. The molecule has 8 nitrogen and oxygen atoms in total. The average Bonchev–Trinajstić information content (AvgIpc) is 3.62. The van der Waals surface area contributed by atoms with Crippen LogP contribution in [0.3, 0.4) is 0 Å². The monoisotopic (exact) mass is 675 g/mol. The maximum Gasteiger partial charge on any atom is 0.338 e. The SMILES string of the molecule is COC(=O)c1cccc2c1c1c(O)cccc1n2Cc1cccc(C)c1.Cc1cccc(Cn2c3cccc(O)c3c3c(C(N)=O)cccc32)c1. The molecule has 0 fully saturated rings. The molecule has 0 radical (unpaired) electrons. The van der Waals surface area contributed by atoms with E-state index in [1.807, 2.05) is 60.7 Å². The van der Waals surface area contributed by atoms with Gasteiger partial charge in [-0.05, 0) is 73.5 Å². The first-order valence-electron chi connectivity index (χ1n) is 16.6. The number of aromatic nitrogens is 2. The van der Waals surface area contributed by atoms with E-state index in [0.717, 1.165) is 38.6 Å². The van der Waals surface area contributed by atoms with E-state index in [2.05, 4.69) is 59.4 Å². The number of amides is 1. The van der Waals surface area contributed by atoms with Crippen molar-refractivity contribution in [2.45, 2.75) is 26.9 Å². The second-order valence-electron chi connectivity index (χ2n) is 12.7. The van der Waals surface area contributed by atoms with Gasteiger partial charge in [0.05, 0.1) is 45.5 Å². The summed E-state index contributed by atoms with van der Waals surface area (Å²) < 4.78 is 9.19. The van der Waals surface area contributed by atoms with Crippen molar-refractivity contribution in [3.8, 4) is 11.5 Å². The van der Waals surface area contributed by atoms with Crippen molar-refractivity contribution in [3.63, 3.8) is 0 Å². The first-order valence-corrected chi connectivity index (χ1v) is 16.6. The number of aryl methyl sites for hydroxylation is 2. The second-order valence-corrected chi connectivity index (χ2v) is 12.7. The lowest BCUT2D eigenvalue weighted by Crippen LogP contribution is -2.11. The highest BCUT2D eigenvalue weighted by atomic mass is 16.5. The van der Waals surface area contributed by atoms with Crippen LogP contribution in [0, 0.1) is 13.8 Å². The minimum atomic E-state index is -0.497.